The summed E-state index contributed by atoms with van der Waals surface area (Å²) < 4.78 is 1.99. The molecule has 5 aromatic carbocycles. The molecule has 0 radical (unpaired) electrons. The van der Waals surface area contributed by atoms with Crippen LogP contribution in [0.5, 0.6) is 0 Å². The third kappa shape index (κ3) is 3.01. The van der Waals surface area contributed by atoms with Crippen molar-refractivity contribution in [2.45, 2.75) is 0 Å². The summed E-state index contributed by atoms with van der Waals surface area (Å²) in [6, 6.07) is 40.3. The third-order valence-corrected chi connectivity index (χ3v) is 5.86. The van der Waals surface area contributed by atoms with Gasteiger partial charge in [-0.05, 0) is 39.2 Å². The van der Waals surface area contributed by atoms with Gasteiger partial charge in [0.25, 0.3) is 0 Å². The standard InChI is InChI=1S/C29H20N2/c1-2-14-23(15-3-1)31-20-28(26-18-8-12-21-10-4-6-16-24(21)26)29(30-31)27-19-9-13-22-11-5-7-17-25(22)27/h1-20H. The highest BCUT2D eigenvalue weighted by atomic mass is 15.3. The van der Waals surface area contributed by atoms with Crippen LogP contribution >= 0.6 is 0 Å². The van der Waals surface area contributed by atoms with Crippen molar-refractivity contribution in [3.63, 3.8) is 0 Å². The molecule has 0 atom stereocenters. The lowest BCUT2D eigenvalue weighted by Gasteiger charge is -2.09. The maximum Gasteiger partial charge on any atom is 0.101 e. The molecule has 6 aromatic rings. The van der Waals surface area contributed by atoms with Gasteiger partial charge in [0.15, 0.2) is 0 Å². The van der Waals surface area contributed by atoms with Crippen molar-refractivity contribution in [2.75, 3.05) is 0 Å². The first-order valence-electron chi connectivity index (χ1n) is 10.5. The van der Waals surface area contributed by atoms with Crippen LogP contribution in [0, 0.1) is 0 Å². The van der Waals surface area contributed by atoms with Gasteiger partial charge in [0.2, 0.25) is 0 Å². The average molecular weight is 396 g/mol. The number of fused-ring (bicyclic) bond motifs is 2. The van der Waals surface area contributed by atoms with Crippen molar-refractivity contribution in [3.05, 3.63) is 121 Å². The number of aromatic nitrogens is 2. The Balaban J connectivity index is 1.68. The number of nitrogens with zero attached hydrogens (tertiary/aromatic N) is 2. The molecule has 0 amide bonds. The van der Waals surface area contributed by atoms with E-state index in [1.54, 1.807) is 0 Å². The Kier molecular flexibility index (Phi) is 4.14. The van der Waals surface area contributed by atoms with Crippen LogP contribution in [-0.2, 0) is 0 Å². The van der Waals surface area contributed by atoms with E-state index in [0.717, 1.165) is 22.5 Å². The monoisotopic (exact) mass is 396 g/mol. The van der Waals surface area contributed by atoms with Crippen LogP contribution in [0.3, 0.4) is 0 Å². The van der Waals surface area contributed by atoms with Crippen molar-refractivity contribution in [1.29, 1.82) is 0 Å². The lowest BCUT2D eigenvalue weighted by atomic mass is 9.94. The summed E-state index contributed by atoms with van der Waals surface area (Å²) in [5.74, 6) is 0. The Morgan fingerprint density at radius 1 is 0.452 bits per heavy atom. The fraction of sp³-hybridized carbons (Fsp3) is 0. The number of benzene rings is 5. The zero-order valence-corrected chi connectivity index (χ0v) is 16.9. The molecule has 0 aliphatic rings. The Morgan fingerprint density at radius 2 is 1.00 bits per heavy atom. The molecule has 0 aliphatic carbocycles. The fourth-order valence-electron chi connectivity index (χ4n) is 4.38. The predicted molar refractivity (Wildman–Crippen MR) is 129 cm³/mol. The lowest BCUT2D eigenvalue weighted by molar-refractivity contribution is 0.885. The summed E-state index contributed by atoms with van der Waals surface area (Å²) >= 11 is 0. The van der Waals surface area contributed by atoms with Crippen molar-refractivity contribution >= 4 is 21.5 Å². The average Bonchev–Trinajstić information content (AvgIpc) is 3.29. The maximum atomic E-state index is 5.10. The summed E-state index contributed by atoms with van der Waals surface area (Å²) in [6.45, 7) is 0. The van der Waals surface area contributed by atoms with Crippen molar-refractivity contribution in [1.82, 2.24) is 9.78 Å². The van der Waals surface area contributed by atoms with Gasteiger partial charge in [-0.15, -0.1) is 0 Å². The van der Waals surface area contributed by atoms with E-state index in [0.29, 0.717) is 0 Å². The molecule has 0 spiro atoms. The summed E-state index contributed by atoms with van der Waals surface area (Å²) in [7, 11) is 0. The van der Waals surface area contributed by atoms with Crippen LogP contribution in [0.1, 0.15) is 0 Å². The fourth-order valence-corrected chi connectivity index (χ4v) is 4.38. The van der Waals surface area contributed by atoms with Gasteiger partial charge in [-0.1, -0.05) is 103 Å². The van der Waals surface area contributed by atoms with Gasteiger partial charge in [-0.2, -0.15) is 5.10 Å². The Labute approximate surface area is 181 Å². The van der Waals surface area contributed by atoms with E-state index in [9.17, 15) is 0 Å². The van der Waals surface area contributed by atoms with E-state index in [1.807, 2.05) is 22.9 Å². The number of para-hydroxylation sites is 1. The largest absolute Gasteiger partial charge is 0.240 e. The normalized spacial score (nSPS) is 11.2. The Bertz CT molecular complexity index is 1420. The molecule has 0 saturated carbocycles. The molecule has 0 aliphatic heterocycles. The zero-order valence-electron chi connectivity index (χ0n) is 16.9. The molecule has 146 valence electrons. The first kappa shape index (κ1) is 17.7. The van der Waals surface area contributed by atoms with Crippen LogP contribution < -0.4 is 0 Å². The smallest absolute Gasteiger partial charge is 0.101 e. The molecule has 2 nitrogen and oxygen atoms in total. The van der Waals surface area contributed by atoms with Crippen LogP contribution in [0.25, 0.3) is 49.6 Å². The first-order valence-corrected chi connectivity index (χ1v) is 10.5. The van der Waals surface area contributed by atoms with Gasteiger partial charge in [0, 0.05) is 17.3 Å². The highest BCUT2D eigenvalue weighted by molar-refractivity contribution is 6.04. The van der Waals surface area contributed by atoms with Crippen molar-refractivity contribution < 1.29 is 0 Å². The minimum Gasteiger partial charge on any atom is -0.240 e. The lowest BCUT2D eigenvalue weighted by Crippen LogP contribution is -1.94. The number of hydrogen-bond donors (Lipinski definition) is 0. The molecule has 1 aromatic heterocycles. The summed E-state index contributed by atoms with van der Waals surface area (Å²) in [4.78, 5) is 0. The number of hydrogen-bond acceptors (Lipinski definition) is 1. The van der Waals surface area contributed by atoms with Crippen molar-refractivity contribution in [2.24, 2.45) is 0 Å². The van der Waals surface area contributed by atoms with Crippen LogP contribution in [0.15, 0.2) is 121 Å². The van der Waals surface area contributed by atoms with Gasteiger partial charge in [0.05, 0.1) is 5.69 Å². The molecular formula is C29H20N2. The molecule has 0 unspecified atom stereocenters. The SMILES string of the molecule is c1ccc(-n2cc(-c3cccc4ccccc34)c(-c3cccc4ccccc34)n2)cc1. The van der Waals surface area contributed by atoms with Crippen molar-refractivity contribution in [3.8, 4) is 28.1 Å². The highest BCUT2D eigenvalue weighted by Gasteiger charge is 2.17. The zero-order chi connectivity index (χ0) is 20.6. The second-order valence-corrected chi connectivity index (χ2v) is 7.72. The van der Waals surface area contributed by atoms with Gasteiger partial charge in [-0.3, -0.25) is 0 Å². The minimum absolute atomic E-state index is 0.997. The van der Waals surface area contributed by atoms with E-state index in [1.165, 1.54) is 27.1 Å². The second kappa shape index (κ2) is 7.26. The molecule has 0 bridgehead atoms. The first-order chi connectivity index (χ1) is 15.4. The molecule has 6 rings (SSSR count). The predicted octanol–water partition coefficient (Wildman–Crippen LogP) is 7.51. The van der Waals surface area contributed by atoms with Crippen LogP contribution in [-0.4, -0.2) is 9.78 Å². The summed E-state index contributed by atoms with van der Waals surface area (Å²) in [5, 5.41) is 10.0. The van der Waals surface area contributed by atoms with E-state index in [2.05, 4.69) is 103 Å². The van der Waals surface area contributed by atoms with Crippen LogP contribution in [0.4, 0.5) is 0 Å². The highest BCUT2D eigenvalue weighted by Crippen LogP contribution is 2.38. The van der Waals surface area contributed by atoms with Gasteiger partial charge < -0.3 is 0 Å². The van der Waals surface area contributed by atoms with E-state index < -0.39 is 0 Å². The molecule has 0 N–H and O–H groups in total. The molecular weight excluding hydrogens is 376 g/mol. The van der Waals surface area contributed by atoms with E-state index in [-0.39, 0.29) is 0 Å². The summed E-state index contributed by atoms with van der Waals surface area (Å²) in [6.07, 6.45) is 2.16. The minimum atomic E-state index is 0.997. The molecule has 1 heterocycles. The topological polar surface area (TPSA) is 17.8 Å². The van der Waals surface area contributed by atoms with E-state index in [4.69, 9.17) is 5.10 Å². The maximum absolute atomic E-state index is 5.10. The Morgan fingerprint density at radius 3 is 1.71 bits per heavy atom. The molecule has 0 saturated heterocycles. The molecule has 2 heteroatoms. The second-order valence-electron chi connectivity index (χ2n) is 7.72. The summed E-state index contributed by atoms with van der Waals surface area (Å²) in [5.41, 5.74) is 5.53. The molecule has 0 fully saturated rings. The Hall–Kier alpha value is -4.17. The molecule has 31 heavy (non-hydrogen) atoms. The quantitative estimate of drug-likeness (QED) is 0.303. The number of rotatable bonds is 3. The van der Waals surface area contributed by atoms with Gasteiger partial charge in [0.1, 0.15) is 5.69 Å². The van der Waals surface area contributed by atoms with Gasteiger partial charge in [-0.25, -0.2) is 4.68 Å². The third-order valence-electron chi connectivity index (χ3n) is 5.86. The van der Waals surface area contributed by atoms with E-state index >= 15 is 0 Å². The van der Waals surface area contributed by atoms with Crippen LogP contribution in [0.2, 0.25) is 0 Å². The van der Waals surface area contributed by atoms with Gasteiger partial charge >= 0.3 is 0 Å².